The Labute approximate surface area is 359 Å². The first-order valence-corrected chi connectivity index (χ1v) is 30.9. The summed E-state index contributed by atoms with van der Waals surface area (Å²) in [5.74, 6) is 1.25. The van der Waals surface area contributed by atoms with Crippen molar-refractivity contribution in [1.29, 1.82) is 5.16 Å². The van der Waals surface area contributed by atoms with Gasteiger partial charge in [-0.3, -0.25) is 24.2 Å². The van der Waals surface area contributed by atoms with Crippen molar-refractivity contribution in [1.82, 2.24) is 0 Å². The van der Waals surface area contributed by atoms with Crippen LogP contribution < -0.4 is 0 Å². The van der Waals surface area contributed by atoms with Crippen LogP contribution in [0.5, 0.6) is 11.5 Å². The molecule has 9 atom stereocenters. The van der Waals surface area contributed by atoms with E-state index in [2.05, 4.69) is 116 Å². The lowest BCUT2D eigenvalue weighted by Crippen LogP contribution is -2.27. The molecule has 0 spiro atoms. The van der Waals surface area contributed by atoms with E-state index >= 15 is 0 Å². The van der Waals surface area contributed by atoms with Gasteiger partial charge in [0.25, 0.3) is 0 Å². The normalized spacial score (nSPS) is 18.5. The van der Waals surface area contributed by atoms with Crippen molar-refractivity contribution >= 4 is 79.7 Å². The van der Waals surface area contributed by atoms with E-state index in [0.29, 0.717) is 23.3 Å². The summed E-state index contributed by atoms with van der Waals surface area (Å²) in [6.45, 7) is 15.4. The summed E-state index contributed by atoms with van der Waals surface area (Å²) in [6.07, 6.45) is 15.8. The highest BCUT2D eigenvalue weighted by Gasteiger charge is 2.27. The largest absolute Gasteiger partial charge is 0.507 e. The number of nitrogens with zero attached hydrogens (tertiary/aromatic N) is 5. The van der Waals surface area contributed by atoms with Crippen LogP contribution in [0.4, 0.5) is 0 Å². The molecule has 57 heavy (non-hydrogen) atoms. The highest BCUT2D eigenvalue weighted by molar-refractivity contribution is 8.07. The zero-order chi connectivity index (χ0) is 42.0. The molecule has 0 heterocycles. The first kappa shape index (κ1) is 50.9. The SMILES string of the molecule is CC(C)(C)c1cc(C(CCCN=PP)CCC[P+](=N)P)cc(C=NC2CCCCC2N=Cc2cc(C(CCCN=PP)CCN=PP)cc(C(C)(C)C)c2O)c1O. The van der Waals surface area contributed by atoms with Crippen molar-refractivity contribution in [3.05, 3.63) is 57.6 Å². The number of hydrogen-bond acceptors (Lipinski definition) is 8. The fraction of sp³-hybridized carbons (Fsp3) is 0.659. The third kappa shape index (κ3) is 17.4. The van der Waals surface area contributed by atoms with E-state index in [4.69, 9.17) is 15.1 Å². The van der Waals surface area contributed by atoms with Crippen molar-refractivity contribution in [3.8, 4) is 11.5 Å². The molecule has 1 saturated carbocycles. The van der Waals surface area contributed by atoms with Gasteiger partial charge < -0.3 is 10.2 Å². The van der Waals surface area contributed by atoms with Gasteiger partial charge in [-0.05, 0) is 104 Å². The molecule has 16 heteroatoms. The minimum absolute atomic E-state index is 0.0221. The van der Waals surface area contributed by atoms with E-state index in [1.807, 2.05) is 12.4 Å². The van der Waals surface area contributed by atoms with Gasteiger partial charge in [-0.1, -0.05) is 93.3 Å². The summed E-state index contributed by atoms with van der Waals surface area (Å²) in [6, 6.07) is 8.69. The van der Waals surface area contributed by atoms with E-state index in [9.17, 15) is 10.2 Å². The third-order valence-electron chi connectivity index (χ3n) is 10.8. The Kier molecular flexibility index (Phi) is 23.3. The van der Waals surface area contributed by atoms with Crippen LogP contribution in [0.3, 0.4) is 0 Å². The second-order valence-corrected chi connectivity index (χ2v) is 24.1. The van der Waals surface area contributed by atoms with Gasteiger partial charge in [0, 0.05) is 78.5 Å². The van der Waals surface area contributed by atoms with E-state index in [1.54, 1.807) is 0 Å². The summed E-state index contributed by atoms with van der Waals surface area (Å²) < 4.78 is 13.6. The number of benzene rings is 2. The monoisotopic (exact) mass is 925 g/mol. The van der Waals surface area contributed by atoms with Gasteiger partial charge in [0.05, 0.1) is 12.1 Å². The van der Waals surface area contributed by atoms with Gasteiger partial charge in [-0.2, -0.15) is 0 Å². The average Bonchev–Trinajstić information content (AvgIpc) is 3.15. The molecule has 0 radical (unpaired) electrons. The average molecular weight is 926 g/mol. The number of phenols is 2. The molecule has 0 saturated heterocycles. The topological polar surface area (TPSA) is 126 Å². The van der Waals surface area contributed by atoms with Gasteiger partial charge >= 0.3 is 0 Å². The smallest absolute Gasteiger partial charge is 0.207 e. The molecule has 0 amide bonds. The van der Waals surface area contributed by atoms with Crippen LogP contribution in [0, 0.1) is 5.16 Å². The molecule has 8 nitrogen and oxygen atoms in total. The molecule has 9 unspecified atom stereocenters. The Morgan fingerprint density at radius 1 is 0.684 bits per heavy atom. The Morgan fingerprint density at radius 2 is 1.09 bits per heavy atom. The molecule has 0 bridgehead atoms. The van der Waals surface area contributed by atoms with Crippen LogP contribution in [-0.4, -0.2) is 60.5 Å². The molecule has 1 fully saturated rings. The summed E-state index contributed by atoms with van der Waals surface area (Å²) in [4.78, 5) is 10.4. The molecule has 0 aromatic heterocycles. The quantitative estimate of drug-likeness (QED) is 0.0655. The minimum atomic E-state index is -0.762. The van der Waals surface area contributed by atoms with Gasteiger partial charge in [0.2, 0.25) is 7.40 Å². The zero-order valence-electron chi connectivity index (χ0n) is 35.1. The van der Waals surface area contributed by atoms with Gasteiger partial charge in [-0.25, -0.2) is 0 Å². The third-order valence-corrected chi connectivity index (χ3v) is 14.9. The molecule has 2 aromatic rings. The Bertz CT molecular complexity index is 1740. The van der Waals surface area contributed by atoms with Crippen LogP contribution in [0.15, 0.2) is 48.5 Å². The maximum atomic E-state index is 11.7. The molecule has 0 aliphatic heterocycles. The maximum Gasteiger partial charge on any atom is 0.207 e. The van der Waals surface area contributed by atoms with Crippen molar-refractivity contribution in [2.45, 2.75) is 147 Å². The Morgan fingerprint density at radius 3 is 1.49 bits per heavy atom. The summed E-state index contributed by atoms with van der Waals surface area (Å²) in [5, 5.41) is 31.5. The van der Waals surface area contributed by atoms with Crippen LogP contribution in [-0.2, 0) is 10.8 Å². The predicted molar refractivity (Wildman–Crippen MR) is 269 cm³/mol. The summed E-state index contributed by atoms with van der Waals surface area (Å²) in [5.41, 5.74) is 5.39. The lowest BCUT2D eigenvalue weighted by molar-refractivity contribution is 0.389. The Hall–Kier alpha value is -0.500. The molecule has 314 valence electrons. The predicted octanol–water partition coefficient (Wildman–Crippen LogP) is 15.2. The lowest BCUT2D eigenvalue weighted by Gasteiger charge is -2.27. The van der Waals surface area contributed by atoms with E-state index in [-0.39, 0.29) is 22.9 Å². The number of aromatic hydroxyl groups is 2. The van der Waals surface area contributed by atoms with Gasteiger partial charge in [-0.15, -0.1) is 5.16 Å². The number of aliphatic imine (C=N–C) groups is 2. The number of hydrogen-bond donors (Lipinski definition) is 3. The van der Waals surface area contributed by atoms with Crippen LogP contribution in [0.1, 0.15) is 157 Å². The molecule has 1 aliphatic rings. The summed E-state index contributed by atoms with van der Waals surface area (Å²) in [7, 11) is 12.9. The number of rotatable bonds is 21. The molecule has 1 aliphatic carbocycles. The van der Waals surface area contributed by atoms with Crippen molar-refractivity contribution < 1.29 is 10.2 Å². The zero-order valence-corrected chi connectivity index (χ0v) is 43.3. The fourth-order valence-corrected chi connectivity index (χ4v) is 10.5. The molecule has 3 rings (SSSR count). The minimum Gasteiger partial charge on any atom is -0.507 e. The maximum absolute atomic E-state index is 11.7. The lowest BCUT2D eigenvalue weighted by atomic mass is 9.80. The summed E-state index contributed by atoms with van der Waals surface area (Å²) >= 11 is 0. The number of phenolic OH excluding ortho intramolecular Hbond substituents is 2. The van der Waals surface area contributed by atoms with Crippen LogP contribution in [0.2, 0.25) is 0 Å². The molecule has 2 aromatic carbocycles. The first-order chi connectivity index (χ1) is 27.1. The van der Waals surface area contributed by atoms with Crippen molar-refractivity contribution in [3.63, 3.8) is 0 Å². The van der Waals surface area contributed by atoms with Crippen LogP contribution >= 0.6 is 67.3 Å². The van der Waals surface area contributed by atoms with Gasteiger partial charge in [0.1, 0.15) is 26.6 Å². The first-order valence-electron chi connectivity index (χ1n) is 20.3. The van der Waals surface area contributed by atoms with Gasteiger partial charge in [0.15, 0.2) is 0 Å². The highest BCUT2D eigenvalue weighted by Crippen LogP contribution is 2.41. The van der Waals surface area contributed by atoms with E-state index in [0.717, 1.165) is 143 Å². The molecule has 3 N–H and O–H groups in total. The Balaban J connectivity index is 2.02. The van der Waals surface area contributed by atoms with E-state index < -0.39 is 7.40 Å². The van der Waals surface area contributed by atoms with Crippen molar-refractivity contribution in [2.75, 3.05) is 25.8 Å². The second-order valence-electron chi connectivity index (χ2n) is 17.2. The molecular formula is C41H69N6O2P8+. The standard InChI is InChI=1S/C41H68N6O2P8/c1-40(2,3)34-24-30(28(12-9-18-45-54-50)14-11-21-57(42)53)22-32(38(34)48)26-43-36-15-7-8-16-37(36)44-27-33-23-31(25-35(39(33)49)41(4,5)6)29(17-20-47-56-52)13-10-19-46-55-51/h22-29,36-37,42H,7-21,50-53H2,1-6H3,(H-,43,44,48,49)/p+1. The highest BCUT2D eigenvalue weighted by atomic mass is 32.0. The fourth-order valence-electron chi connectivity index (χ4n) is 7.63. The molecular weight excluding hydrogens is 856 g/mol. The van der Waals surface area contributed by atoms with Crippen molar-refractivity contribution in [2.24, 2.45) is 24.2 Å². The van der Waals surface area contributed by atoms with E-state index in [1.165, 1.54) is 11.1 Å². The van der Waals surface area contributed by atoms with Crippen LogP contribution in [0.25, 0.3) is 0 Å². The second kappa shape index (κ2) is 26.1. The number of nitrogens with one attached hydrogen (secondary N) is 1.